The van der Waals surface area contributed by atoms with E-state index in [9.17, 15) is 8.42 Å². The fraction of sp³-hybridized carbons (Fsp3) is 0.812. The third kappa shape index (κ3) is 4.31. The van der Waals surface area contributed by atoms with E-state index in [2.05, 4.69) is 18.9 Å². The van der Waals surface area contributed by atoms with E-state index in [0.29, 0.717) is 35.5 Å². The lowest BCUT2D eigenvalue weighted by Crippen LogP contribution is -2.42. The van der Waals surface area contributed by atoms with Crippen LogP contribution in [0.1, 0.15) is 45.0 Å². The second kappa shape index (κ2) is 8.17. The molecular weight excluding hydrogens is 348 g/mol. The van der Waals surface area contributed by atoms with Crippen molar-refractivity contribution in [3.8, 4) is 0 Å². The predicted octanol–water partition coefficient (Wildman–Crippen LogP) is 2.33. The second-order valence-electron chi connectivity index (χ2n) is 7.18. The maximum Gasteiger partial charge on any atom is 0.246 e. The van der Waals surface area contributed by atoms with Crippen molar-refractivity contribution in [2.24, 2.45) is 17.6 Å². The summed E-state index contributed by atoms with van der Waals surface area (Å²) in [6.07, 6.45) is 1.66. The minimum absolute atomic E-state index is 0. The van der Waals surface area contributed by atoms with E-state index in [-0.39, 0.29) is 18.4 Å². The number of hydrogen-bond donors (Lipinski definition) is 1. The molecule has 1 aromatic heterocycles. The van der Waals surface area contributed by atoms with E-state index < -0.39 is 10.0 Å². The van der Waals surface area contributed by atoms with E-state index in [4.69, 9.17) is 5.73 Å². The molecule has 6 nitrogen and oxygen atoms in total. The molecule has 0 saturated carbocycles. The molecule has 0 amide bonds. The van der Waals surface area contributed by atoms with Gasteiger partial charge in [-0.25, -0.2) is 8.42 Å². The van der Waals surface area contributed by atoms with Gasteiger partial charge in [-0.05, 0) is 45.4 Å². The molecule has 1 atom stereocenters. The fourth-order valence-electron chi connectivity index (χ4n) is 3.35. The van der Waals surface area contributed by atoms with Gasteiger partial charge >= 0.3 is 0 Å². The highest BCUT2D eigenvalue weighted by molar-refractivity contribution is 7.89. The van der Waals surface area contributed by atoms with E-state index in [1.54, 1.807) is 11.2 Å². The summed E-state index contributed by atoms with van der Waals surface area (Å²) in [7, 11) is -3.48. The number of halogens is 1. The van der Waals surface area contributed by atoms with Gasteiger partial charge in [-0.2, -0.15) is 9.40 Å². The van der Waals surface area contributed by atoms with Crippen molar-refractivity contribution < 1.29 is 8.42 Å². The van der Waals surface area contributed by atoms with Crippen LogP contribution in [0.4, 0.5) is 0 Å². The molecule has 0 spiro atoms. The molecule has 2 N–H and O–H groups in total. The average Bonchev–Trinajstić information content (AvgIpc) is 2.73. The number of piperidine rings is 1. The number of nitrogens with zero attached hydrogens (tertiary/aromatic N) is 3. The molecule has 0 aromatic carbocycles. The Hall–Kier alpha value is -0.630. The fourth-order valence-corrected chi connectivity index (χ4v) is 5.19. The van der Waals surface area contributed by atoms with Gasteiger partial charge in [0.15, 0.2) is 0 Å². The lowest BCUT2D eigenvalue weighted by Gasteiger charge is -2.33. The van der Waals surface area contributed by atoms with Gasteiger partial charge in [0.25, 0.3) is 0 Å². The summed E-state index contributed by atoms with van der Waals surface area (Å²) >= 11 is 0. The standard InChI is InChI=1S/C16H30N4O2S.ClH/c1-11(2)10-20-14(5)16(13(4)18-20)23(21,22)19-8-6-15(7-9-19)12(3)17;/h11-12,15H,6-10,17H2,1-5H3;1H. The summed E-state index contributed by atoms with van der Waals surface area (Å²) in [5.41, 5.74) is 7.29. The smallest absolute Gasteiger partial charge is 0.246 e. The zero-order valence-electron chi connectivity index (χ0n) is 15.3. The van der Waals surface area contributed by atoms with Gasteiger partial charge in [0.05, 0.1) is 11.4 Å². The predicted molar refractivity (Wildman–Crippen MR) is 98.9 cm³/mol. The van der Waals surface area contributed by atoms with Gasteiger partial charge in [0.1, 0.15) is 4.90 Å². The molecule has 0 aliphatic carbocycles. The van der Waals surface area contributed by atoms with Crippen molar-refractivity contribution in [2.45, 2.75) is 64.9 Å². The van der Waals surface area contributed by atoms with Crippen molar-refractivity contribution in [1.82, 2.24) is 14.1 Å². The van der Waals surface area contributed by atoms with Crippen LogP contribution in [0.15, 0.2) is 4.90 Å². The maximum absolute atomic E-state index is 13.0. The summed E-state index contributed by atoms with van der Waals surface area (Å²) in [5, 5.41) is 4.45. The average molecular weight is 379 g/mol. The lowest BCUT2D eigenvalue weighted by atomic mass is 9.92. The molecule has 1 fully saturated rings. The zero-order chi connectivity index (χ0) is 17.4. The van der Waals surface area contributed by atoms with Gasteiger partial charge in [-0.1, -0.05) is 13.8 Å². The molecule has 2 heterocycles. The Morgan fingerprint density at radius 2 is 1.75 bits per heavy atom. The maximum atomic E-state index is 13.0. The number of aromatic nitrogens is 2. The summed E-state index contributed by atoms with van der Waals surface area (Å²) in [6.45, 7) is 11.7. The second-order valence-corrected chi connectivity index (χ2v) is 9.05. The summed E-state index contributed by atoms with van der Waals surface area (Å²) in [4.78, 5) is 0.386. The lowest BCUT2D eigenvalue weighted by molar-refractivity contribution is 0.250. The van der Waals surface area contributed by atoms with E-state index in [1.165, 1.54) is 0 Å². The van der Waals surface area contributed by atoms with Crippen LogP contribution in [0.25, 0.3) is 0 Å². The van der Waals surface area contributed by atoms with E-state index in [1.807, 2.05) is 18.5 Å². The summed E-state index contributed by atoms with van der Waals surface area (Å²) in [5.74, 6) is 0.831. The molecular formula is C16H31ClN4O2S. The largest absolute Gasteiger partial charge is 0.328 e. The van der Waals surface area contributed by atoms with Gasteiger partial charge < -0.3 is 5.73 Å². The first-order valence-corrected chi connectivity index (χ1v) is 9.88. The number of rotatable bonds is 5. The normalized spacial score (nSPS) is 18.6. The molecule has 0 radical (unpaired) electrons. The molecule has 1 aromatic rings. The summed E-state index contributed by atoms with van der Waals surface area (Å²) in [6, 6.07) is 0.122. The van der Waals surface area contributed by atoms with Gasteiger partial charge in [-0.15, -0.1) is 12.4 Å². The molecule has 140 valence electrons. The Labute approximate surface area is 152 Å². The molecule has 8 heteroatoms. The molecule has 0 bridgehead atoms. The monoisotopic (exact) mass is 378 g/mol. The highest BCUT2D eigenvalue weighted by Crippen LogP contribution is 2.28. The SMILES string of the molecule is Cc1nn(CC(C)C)c(C)c1S(=O)(=O)N1CCC(C(C)N)CC1.Cl. The Morgan fingerprint density at radius 3 is 2.21 bits per heavy atom. The first-order valence-electron chi connectivity index (χ1n) is 8.44. The Morgan fingerprint density at radius 1 is 1.21 bits per heavy atom. The molecule has 24 heavy (non-hydrogen) atoms. The van der Waals surface area contributed by atoms with Crippen molar-refractivity contribution in [3.05, 3.63) is 11.4 Å². The van der Waals surface area contributed by atoms with Crippen LogP contribution in [0.2, 0.25) is 0 Å². The van der Waals surface area contributed by atoms with Crippen LogP contribution in [0.5, 0.6) is 0 Å². The third-order valence-corrected chi connectivity index (χ3v) is 6.84. The molecule has 1 saturated heterocycles. The highest BCUT2D eigenvalue weighted by Gasteiger charge is 2.34. The molecule has 1 aliphatic heterocycles. The minimum atomic E-state index is -3.48. The Kier molecular flexibility index (Phi) is 7.29. The number of nitrogens with two attached hydrogens (primary N) is 1. The van der Waals surface area contributed by atoms with Crippen LogP contribution < -0.4 is 5.73 Å². The summed E-state index contributed by atoms with van der Waals surface area (Å²) < 4.78 is 29.5. The van der Waals surface area contributed by atoms with Gasteiger partial charge in [0, 0.05) is 25.7 Å². The van der Waals surface area contributed by atoms with Crippen molar-refractivity contribution in [1.29, 1.82) is 0 Å². The number of sulfonamides is 1. The van der Waals surface area contributed by atoms with Crippen LogP contribution in [0.3, 0.4) is 0 Å². The topological polar surface area (TPSA) is 81.2 Å². The highest BCUT2D eigenvalue weighted by atomic mass is 35.5. The Balaban J connectivity index is 0.00000288. The van der Waals surface area contributed by atoms with Crippen molar-refractivity contribution >= 4 is 22.4 Å². The van der Waals surface area contributed by atoms with E-state index >= 15 is 0 Å². The number of aryl methyl sites for hydroxylation is 1. The number of hydrogen-bond acceptors (Lipinski definition) is 4. The first kappa shape index (κ1) is 21.4. The van der Waals surface area contributed by atoms with Gasteiger partial charge in [-0.3, -0.25) is 4.68 Å². The van der Waals surface area contributed by atoms with Crippen LogP contribution in [0, 0.1) is 25.7 Å². The Bertz CT molecular complexity index is 647. The quantitative estimate of drug-likeness (QED) is 0.852. The van der Waals surface area contributed by atoms with Gasteiger partial charge in [0.2, 0.25) is 10.0 Å². The van der Waals surface area contributed by atoms with E-state index in [0.717, 1.165) is 25.1 Å². The van der Waals surface area contributed by atoms with Crippen molar-refractivity contribution in [3.63, 3.8) is 0 Å². The van der Waals surface area contributed by atoms with Crippen molar-refractivity contribution in [2.75, 3.05) is 13.1 Å². The van der Waals surface area contributed by atoms with Crippen LogP contribution >= 0.6 is 12.4 Å². The zero-order valence-corrected chi connectivity index (χ0v) is 17.0. The minimum Gasteiger partial charge on any atom is -0.328 e. The molecule has 1 unspecified atom stereocenters. The first-order chi connectivity index (χ1) is 10.6. The third-order valence-electron chi connectivity index (χ3n) is 4.69. The molecule has 2 rings (SSSR count). The van der Waals surface area contributed by atoms with Crippen LogP contribution in [-0.4, -0.2) is 41.6 Å². The van der Waals surface area contributed by atoms with Crippen LogP contribution in [-0.2, 0) is 16.6 Å². The molecule has 1 aliphatic rings.